The fourth-order valence-corrected chi connectivity index (χ4v) is 2.64. The number of carbonyl (C=O) groups excluding carboxylic acids is 1. The minimum Gasteiger partial charge on any atom is -0.349 e. The molecule has 1 aromatic carbocycles. The van der Waals surface area contributed by atoms with E-state index in [2.05, 4.69) is 33.5 Å². The van der Waals surface area contributed by atoms with Crippen LogP contribution in [-0.2, 0) is 0 Å². The van der Waals surface area contributed by atoms with Crippen molar-refractivity contribution in [2.75, 3.05) is 6.54 Å². The lowest BCUT2D eigenvalue weighted by Gasteiger charge is -2.28. The molecule has 1 aromatic rings. The molecule has 1 fully saturated rings. The molecule has 2 rings (SSSR count). The van der Waals surface area contributed by atoms with Crippen LogP contribution in [0, 0.1) is 0 Å². The summed E-state index contributed by atoms with van der Waals surface area (Å²) < 4.78 is 0.847. The van der Waals surface area contributed by atoms with Gasteiger partial charge in [-0.15, -0.1) is 12.4 Å². The Balaban J connectivity index is 0.00000162. The van der Waals surface area contributed by atoms with E-state index in [1.807, 2.05) is 24.3 Å². The normalized spacial score (nSPS) is 23.0. The lowest BCUT2D eigenvalue weighted by atomic mass is 10.0. The summed E-state index contributed by atoms with van der Waals surface area (Å²) in [6, 6.07) is 8.28. The van der Waals surface area contributed by atoms with Crippen LogP contribution in [0.1, 0.15) is 30.1 Å². The minimum atomic E-state index is 0. The van der Waals surface area contributed by atoms with Gasteiger partial charge in [-0.3, -0.25) is 4.79 Å². The molecule has 2 atom stereocenters. The molecule has 18 heavy (non-hydrogen) atoms. The van der Waals surface area contributed by atoms with Gasteiger partial charge in [0.2, 0.25) is 0 Å². The Morgan fingerprint density at radius 1 is 1.44 bits per heavy atom. The molecule has 1 aliphatic rings. The molecular formula is C13H18BrClN2O. The molecule has 5 heteroatoms. The number of nitrogens with one attached hydrogen (secondary N) is 2. The van der Waals surface area contributed by atoms with E-state index in [1.165, 1.54) is 0 Å². The highest BCUT2D eigenvalue weighted by Gasteiger charge is 2.20. The second-order valence-electron chi connectivity index (χ2n) is 4.53. The summed E-state index contributed by atoms with van der Waals surface area (Å²) in [5.74, 6) is 0.0107. The Morgan fingerprint density at radius 3 is 2.83 bits per heavy atom. The number of benzene rings is 1. The van der Waals surface area contributed by atoms with E-state index in [0.29, 0.717) is 11.6 Å². The van der Waals surface area contributed by atoms with Crippen molar-refractivity contribution < 1.29 is 4.79 Å². The van der Waals surface area contributed by atoms with Crippen molar-refractivity contribution in [3.63, 3.8) is 0 Å². The fourth-order valence-electron chi connectivity index (χ4n) is 2.17. The SMILES string of the molecule is CC1CC(NC(=O)c2ccccc2Br)CCN1.Cl. The Morgan fingerprint density at radius 2 is 2.17 bits per heavy atom. The zero-order valence-corrected chi connectivity index (χ0v) is 12.7. The van der Waals surface area contributed by atoms with Crippen molar-refractivity contribution >= 4 is 34.2 Å². The predicted molar refractivity (Wildman–Crippen MR) is 79.3 cm³/mol. The van der Waals surface area contributed by atoms with Crippen LogP contribution in [0.2, 0.25) is 0 Å². The maximum absolute atomic E-state index is 12.1. The summed E-state index contributed by atoms with van der Waals surface area (Å²) >= 11 is 3.40. The van der Waals surface area contributed by atoms with Gasteiger partial charge in [0.25, 0.3) is 5.91 Å². The number of piperidine rings is 1. The van der Waals surface area contributed by atoms with Crippen molar-refractivity contribution in [2.45, 2.75) is 31.8 Å². The molecule has 1 heterocycles. The molecule has 1 amide bonds. The number of carbonyl (C=O) groups is 1. The number of halogens is 2. The van der Waals surface area contributed by atoms with Crippen LogP contribution in [0.15, 0.2) is 28.7 Å². The van der Waals surface area contributed by atoms with Crippen molar-refractivity contribution in [1.82, 2.24) is 10.6 Å². The third kappa shape index (κ3) is 3.97. The van der Waals surface area contributed by atoms with Gasteiger partial charge < -0.3 is 10.6 Å². The largest absolute Gasteiger partial charge is 0.349 e. The number of rotatable bonds is 2. The van der Waals surface area contributed by atoms with Crippen molar-refractivity contribution in [1.29, 1.82) is 0 Å². The first-order chi connectivity index (χ1) is 8.16. The molecule has 1 aliphatic heterocycles. The molecule has 2 N–H and O–H groups in total. The van der Waals surface area contributed by atoms with E-state index >= 15 is 0 Å². The standard InChI is InChI=1S/C13H17BrN2O.ClH/c1-9-8-10(6-7-15-9)16-13(17)11-4-2-3-5-12(11)14;/h2-5,9-10,15H,6-8H2,1H3,(H,16,17);1H. The Labute approximate surface area is 122 Å². The zero-order valence-electron chi connectivity index (χ0n) is 10.3. The maximum Gasteiger partial charge on any atom is 0.252 e. The first-order valence-corrected chi connectivity index (χ1v) is 6.75. The molecule has 0 bridgehead atoms. The number of hydrogen-bond donors (Lipinski definition) is 2. The molecule has 2 unspecified atom stereocenters. The highest BCUT2D eigenvalue weighted by Crippen LogP contribution is 2.16. The van der Waals surface area contributed by atoms with Gasteiger partial charge in [0.1, 0.15) is 0 Å². The summed E-state index contributed by atoms with van der Waals surface area (Å²) in [5, 5.41) is 6.47. The fraction of sp³-hybridized carbons (Fsp3) is 0.462. The van der Waals surface area contributed by atoms with Crippen LogP contribution in [-0.4, -0.2) is 24.5 Å². The van der Waals surface area contributed by atoms with Crippen molar-refractivity contribution in [2.24, 2.45) is 0 Å². The van der Waals surface area contributed by atoms with Crippen molar-refractivity contribution in [3.8, 4) is 0 Å². The van der Waals surface area contributed by atoms with E-state index in [-0.39, 0.29) is 24.4 Å². The minimum absolute atomic E-state index is 0. The predicted octanol–water partition coefficient (Wildman–Crippen LogP) is 2.74. The third-order valence-electron chi connectivity index (χ3n) is 3.08. The summed E-state index contributed by atoms with van der Waals surface area (Å²) in [5.41, 5.74) is 0.707. The van der Waals surface area contributed by atoms with Crippen molar-refractivity contribution in [3.05, 3.63) is 34.3 Å². The number of amides is 1. The van der Waals surface area contributed by atoms with Crippen LogP contribution in [0.3, 0.4) is 0 Å². The van der Waals surface area contributed by atoms with Gasteiger partial charge in [-0.25, -0.2) is 0 Å². The highest BCUT2D eigenvalue weighted by atomic mass is 79.9. The van der Waals surface area contributed by atoms with E-state index < -0.39 is 0 Å². The van der Waals surface area contributed by atoms with Gasteiger partial charge in [-0.1, -0.05) is 12.1 Å². The molecule has 0 spiro atoms. The number of hydrogen-bond acceptors (Lipinski definition) is 2. The van der Waals surface area contributed by atoms with E-state index in [4.69, 9.17) is 0 Å². The van der Waals surface area contributed by atoms with Crippen LogP contribution in [0.5, 0.6) is 0 Å². The van der Waals surface area contributed by atoms with Crippen LogP contribution in [0.4, 0.5) is 0 Å². The molecule has 0 radical (unpaired) electrons. The second kappa shape index (κ2) is 7.12. The van der Waals surface area contributed by atoms with E-state index in [0.717, 1.165) is 23.9 Å². The smallest absolute Gasteiger partial charge is 0.252 e. The third-order valence-corrected chi connectivity index (χ3v) is 3.77. The summed E-state index contributed by atoms with van der Waals surface area (Å²) in [4.78, 5) is 12.1. The summed E-state index contributed by atoms with van der Waals surface area (Å²) in [6.07, 6.45) is 2.00. The monoisotopic (exact) mass is 332 g/mol. The molecule has 0 saturated carbocycles. The molecule has 1 saturated heterocycles. The van der Waals surface area contributed by atoms with Gasteiger partial charge in [0.15, 0.2) is 0 Å². The zero-order chi connectivity index (χ0) is 12.3. The molecule has 0 aromatic heterocycles. The van der Waals surface area contributed by atoms with E-state index in [1.54, 1.807) is 0 Å². The lowest BCUT2D eigenvalue weighted by Crippen LogP contribution is -2.46. The Bertz CT molecular complexity index is 414. The molecule has 0 aliphatic carbocycles. The molecular weight excluding hydrogens is 316 g/mol. The van der Waals surface area contributed by atoms with Crippen LogP contribution in [0.25, 0.3) is 0 Å². The van der Waals surface area contributed by atoms with Gasteiger partial charge in [0.05, 0.1) is 5.56 Å². The first-order valence-electron chi connectivity index (χ1n) is 5.95. The molecule has 100 valence electrons. The van der Waals surface area contributed by atoms with Gasteiger partial charge in [-0.05, 0) is 54.4 Å². The second-order valence-corrected chi connectivity index (χ2v) is 5.38. The van der Waals surface area contributed by atoms with Gasteiger partial charge in [0, 0.05) is 16.6 Å². The van der Waals surface area contributed by atoms with Crippen LogP contribution < -0.4 is 10.6 Å². The Kier molecular flexibility index (Phi) is 6.12. The summed E-state index contributed by atoms with van der Waals surface area (Å²) in [7, 11) is 0. The van der Waals surface area contributed by atoms with Crippen LogP contribution >= 0.6 is 28.3 Å². The summed E-state index contributed by atoms with van der Waals surface area (Å²) in [6.45, 7) is 3.12. The van der Waals surface area contributed by atoms with E-state index in [9.17, 15) is 4.79 Å². The van der Waals surface area contributed by atoms with Gasteiger partial charge in [-0.2, -0.15) is 0 Å². The van der Waals surface area contributed by atoms with Gasteiger partial charge >= 0.3 is 0 Å². The lowest BCUT2D eigenvalue weighted by molar-refractivity contribution is 0.0925. The first kappa shape index (κ1) is 15.5. The quantitative estimate of drug-likeness (QED) is 0.874. The average molecular weight is 334 g/mol. The highest BCUT2D eigenvalue weighted by molar-refractivity contribution is 9.10. The maximum atomic E-state index is 12.1. The Hall–Kier alpha value is -0.580. The topological polar surface area (TPSA) is 41.1 Å². The average Bonchev–Trinajstić information content (AvgIpc) is 2.29. The molecule has 3 nitrogen and oxygen atoms in total.